The van der Waals surface area contributed by atoms with Crippen LogP contribution in [0.2, 0.25) is 0 Å². The van der Waals surface area contributed by atoms with Gasteiger partial charge in [0.05, 0.1) is 0 Å². The Labute approximate surface area is 111 Å². The van der Waals surface area contributed by atoms with E-state index in [0.717, 1.165) is 11.7 Å². The molecule has 1 unspecified atom stereocenters. The van der Waals surface area contributed by atoms with E-state index in [1.165, 1.54) is 11.3 Å². The normalized spacial score (nSPS) is 12.2. The monoisotopic (exact) mass is 272 g/mol. The number of aromatic nitrogens is 1. The van der Waals surface area contributed by atoms with Crippen molar-refractivity contribution in [2.45, 2.75) is 13.8 Å². The van der Waals surface area contributed by atoms with Crippen LogP contribution in [-0.4, -0.2) is 42.7 Å². The zero-order valence-electron chi connectivity index (χ0n) is 10.9. The van der Waals surface area contributed by atoms with Gasteiger partial charge in [-0.05, 0) is 12.8 Å². The van der Waals surface area contributed by atoms with Crippen LogP contribution in [0.25, 0.3) is 0 Å². The molecule has 1 rings (SSSR count). The Morgan fingerprint density at radius 3 is 2.89 bits per heavy atom. The van der Waals surface area contributed by atoms with Crippen molar-refractivity contribution in [3.8, 4) is 0 Å². The molecular formula is C11H20N4O2S. The van der Waals surface area contributed by atoms with Crippen LogP contribution in [-0.2, 0) is 0 Å². The molecule has 0 fully saturated rings. The highest BCUT2D eigenvalue weighted by Gasteiger charge is 2.17. The molecule has 0 aromatic carbocycles. The number of rotatable bonds is 6. The lowest BCUT2D eigenvalue weighted by atomic mass is 10.2. The third kappa shape index (κ3) is 3.58. The van der Waals surface area contributed by atoms with E-state index < -0.39 is 0 Å². The van der Waals surface area contributed by atoms with E-state index in [0.29, 0.717) is 11.4 Å². The number of hydrogen-bond acceptors (Lipinski definition) is 6. The molecular weight excluding hydrogens is 252 g/mol. The molecule has 0 spiro atoms. The molecule has 102 valence electrons. The van der Waals surface area contributed by atoms with E-state index in [-0.39, 0.29) is 24.2 Å². The average molecular weight is 272 g/mol. The van der Waals surface area contributed by atoms with Crippen molar-refractivity contribution in [2.75, 3.05) is 37.4 Å². The highest BCUT2D eigenvalue weighted by molar-refractivity contribution is 7.18. The van der Waals surface area contributed by atoms with Crippen LogP contribution in [0.15, 0.2) is 0 Å². The SMILES string of the molecule is CCN(C)c1nc(N)c(C(=O)NCC(C)CO)s1. The number of aliphatic hydroxyl groups excluding tert-OH is 1. The molecule has 0 aliphatic heterocycles. The molecule has 1 aromatic heterocycles. The van der Waals surface area contributed by atoms with E-state index in [9.17, 15) is 4.79 Å². The Morgan fingerprint density at radius 2 is 2.33 bits per heavy atom. The van der Waals surface area contributed by atoms with Gasteiger partial charge in [-0.2, -0.15) is 0 Å². The van der Waals surface area contributed by atoms with Gasteiger partial charge in [0.15, 0.2) is 5.13 Å². The smallest absolute Gasteiger partial charge is 0.265 e. The van der Waals surface area contributed by atoms with Crippen molar-refractivity contribution in [1.29, 1.82) is 0 Å². The lowest BCUT2D eigenvalue weighted by molar-refractivity contribution is 0.0947. The predicted octanol–water partition coefficient (Wildman–Crippen LogP) is 0.540. The molecule has 0 aliphatic rings. The van der Waals surface area contributed by atoms with Gasteiger partial charge in [0, 0.05) is 26.7 Å². The number of nitrogen functional groups attached to an aromatic ring is 1. The fraction of sp³-hybridized carbons (Fsp3) is 0.636. The van der Waals surface area contributed by atoms with Gasteiger partial charge in [-0.15, -0.1) is 0 Å². The second-order valence-corrected chi connectivity index (χ2v) is 5.20. The Bertz CT molecular complexity index is 408. The highest BCUT2D eigenvalue weighted by atomic mass is 32.1. The Kier molecular flexibility index (Phi) is 5.36. The van der Waals surface area contributed by atoms with Gasteiger partial charge in [-0.3, -0.25) is 4.79 Å². The van der Waals surface area contributed by atoms with Crippen molar-refractivity contribution in [1.82, 2.24) is 10.3 Å². The Hall–Kier alpha value is -1.34. The van der Waals surface area contributed by atoms with Crippen LogP contribution < -0.4 is 16.0 Å². The number of thiazole rings is 1. The molecule has 0 saturated carbocycles. The van der Waals surface area contributed by atoms with Crippen molar-refractivity contribution >= 4 is 28.2 Å². The number of hydrogen-bond donors (Lipinski definition) is 3. The number of aliphatic hydroxyl groups is 1. The van der Waals surface area contributed by atoms with Gasteiger partial charge in [-0.1, -0.05) is 18.3 Å². The predicted molar refractivity (Wildman–Crippen MR) is 74.1 cm³/mol. The van der Waals surface area contributed by atoms with E-state index in [1.807, 2.05) is 25.8 Å². The van der Waals surface area contributed by atoms with Crippen molar-refractivity contribution in [2.24, 2.45) is 5.92 Å². The Morgan fingerprint density at radius 1 is 1.67 bits per heavy atom. The summed E-state index contributed by atoms with van der Waals surface area (Å²) in [5.41, 5.74) is 5.74. The number of nitrogens with two attached hydrogens (primary N) is 1. The van der Waals surface area contributed by atoms with Crippen LogP contribution >= 0.6 is 11.3 Å². The molecule has 0 saturated heterocycles. The average Bonchev–Trinajstić information content (AvgIpc) is 2.76. The summed E-state index contributed by atoms with van der Waals surface area (Å²) in [6.07, 6.45) is 0. The van der Waals surface area contributed by atoms with Gasteiger partial charge < -0.3 is 21.1 Å². The van der Waals surface area contributed by atoms with Crippen LogP contribution in [0.4, 0.5) is 10.9 Å². The third-order valence-electron chi connectivity index (χ3n) is 2.57. The van der Waals surface area contributed by atoms with Gasteiger partial charge in [0.1, 0.15) is 10.7 Å². The highest BCUT2D eigenvalue weighted by Crippen LogP contribution is 2.27. The lowest BCUT2D eigenvalue weighted by Gasteiger charge is -2.11. The van der Waals surface area contributed by atoms with Crippen molar-refractivity contribution < 1.29 is 9.90 Å². The summed E-state index contributed by atoms with van der Waals surface area (Å²) in [5.74, 6) is 0.0476. The minimum atomic E-state index is -0.235. The van der Waals surface area contributed by atoms with Gasteiger partial charge in [0.25, 0.3) is 5.91 Å². The third-order valence-corrected chi connectivity index (χ3v) is 3.76. The molecule has 0 bridgehead atoms. The molecule has 0 radical (unpaired) electrons. The zero-order chi connectivity index (χ0) is 13.7. The molecule has 18 heavy (non-hydrogen) atoms. The first-order valence-corrected chi connectivity index (χ1v) is 6.67. The first kappa shape index (κ1) is 14.7. The summed E-state index contributed by atoms with van der Waals surface area (Å²) >= 11 is 1.27. The summed E-state index contributed by atoms with van der Waals surface area (Å²) in [4.78, 5) is 18.4. The topological polar surface area (TPSA) is 91.5 Å². The molecule has 4 N–H and O–H groups in total. The van der Waals surface area contributed by atoms with Crippen LogP contribution in [0.3, 0.4) is 0 Å². The van der Waals surface area contributed by atoms with Crippen molar-refractivity contribution in [3.63, 3.8) is 0 Å². The fourth-order valence-corrected chi connectivity index (χ4v) is 2.12. The number of amides is 1. The second-order valence-electron chi connectivity index (χ2n) is 4.22. The summed E-state index contributed by atoms with van der Waals surface area (Å²) in [5, 5.41) is 12.4. The van der Waals surface area contributed by atoms with Gasteiger partial charge in [-0.25, -0.2) is 4.98 Å². The quantitative estimate of drug-likeness (QED) is 0.703. The van der Waals surface area contributed by atoms with E-state index in [2.05, 4.69) is 10.3 Å². The van der Waals surface area contributed by atoms with Gasteiger partial charge in [0.2, 0.25) is 0 Å². The maximum atomic E-state index is 11.9. The summed E-state index contributed by atoms with van der Waals surface area (Å²) in [7, 11) is 1.90. The zero-order valence-corrected chi connectivity index (χ0v) is 11.8. The molecule has 1 atom stereocenters. The number of carbonyl (C=O) groups excluding carboxylic acids is 1. The van der Waals surface area contributed by atoms with Crippen LogP contribution in [0, 0.1) is 5.92 Å². The minimum Gasteiger partial charge on any atom is -0.396 e. The second kappa shape index (κ2) is 6.55. The molecule has 1 heterocycles. The maximum Gasteiger partial charge on any atom is 0.265 e. The lowest BCUT2D eigenvalue weighted by Crippen LogP contribution is -2.29. The number of anilines is 2. The molecule has 0 aliphatic carbocycles. The first-order chi connectivity index (χ1) is 8.49. The largest absolute Gasteiger partial charge is 0.396 e. The molecule has 7 heteroatoms. The number of nitrogens with one attached hydrogen (secondary N) is 1. The fourth-order valence-electron chi connectivity index (χ4n) is 1.19. The molecule has 1 amide bonds. The number of nitrogens with zero attached hydrogens (tertiary/aromatic N) is 2. The summed E-state index contributed by atoms with van der Waals surface area (Å²) in [6, 6.07) is 0. The van der Waals surface area contributed by atoms with Crippen LogP contribution in [0.5, 0.6) is 0 Å². The standard InChI is InChI=1S/C11H20N4O2S/c1-4-15(3)11-14-9(12)8(18-11)10(17)13-5-7(2)6-16/h7,16H,4-6,12H2,1-3H3,(H,13,17). The number of carbonyl (C=O) groups is 1. The first-order valence-electron chi connectivity index (χ1n) is 5.86. The van der Waals surface area contributed by atoms with Gasteiger partial charge >= 0.3 is 0 Å². The summed E-state index contributed by atoms with van der Waals surface area (Å²) < 4.78 is 0. The minimum absolute atomic E-state index is 0.0286. The van der Waals surface area contributed by atoms with E-state index >= 15 is 0 Å². The molecule has 6 nitrogen and oxygen atoms in total. The van der Waals surface area contributed by atoms with Crippen LogP contribution in [0.1, 0.15) is 23.5 Å². The Balaban J connectivity index is 2.71. The van der Waals surface area contributed by atoms with E-state index in [4.69, 9.17) is 10.8 Å². The van der Waals surface area contributed by atoms with E-state index in [1.54, 1.807) is 0 Å². The molecule has 1 aromatic rings. The van der Waals surface area contributed by atoms with Crippen molar-refractivity contribution in [3.05, 3.63) is 4.88 Å². The summed E-state index contributed by atoms with van der Waals surface area (Å²) in [6.45, 7) is 5.12. The maximum absolute atomic E-state index is 11.9.